The fourth-order valence-electron chi connectivity index (χ4n) is 1.60. The van der Waals surface area contributed by atoms with E-state index in [2.05, 4.69) is 9.17 Å². The third-order valence-electron chi connectivity index (χ3n) is 2.36. The quantitative estimate of drug-likeness (QED) is 0.812. The summed E-state index contributed by atoms with van der Waals surface area (Å²) in [5, 5.41) is 0.184. The van der Waals surface area contributed by atoms with E-state index in [1.165, 1.54) is 18.3 Å². The van der Waals surface area contributed by atoms with Crippen LogP contribution in [0.3, 0.4) is 0 Å². The number of aromatic nitrogens is 2. The lowest BCUT2D eigenvalue weighted by molar-refractivity contribution is -0.141. The Morgan fingerprint density at radius 2 is 2.05 bits per heavy atom. The van der Waals surface area contributed by atoms with Crippen molar-refractivity contribution < 1.29 is 25.8 Å². The number of hydrogen-bond donors (Lipinski definition) is 0. The highest BCUT2D eigenvalue weighted by Gasteiger charge is 2.38. The molecule has 0 amide bonds. The van der Waals surface area contributed by atoms with Gasteiger partial charge in [0.1, 0.15) is 12.3 Å². The average Bonchev–Trinajstić information content (AvgIpc) is 2.63. The normalized spacial score (nSPS) is 13.1. The summed E-state index contributed by atoms with van der Waals surface area (Å²) in [6.07, 6.45) is -2.77. The summed E-state index contributed by atoms with van der Waals surface area (Å²) in [5.41, 5.74) is -1.64. The molecule has 0 unspecified atom stereocenters. The van der Waals surface area contributed by atoms with Crippen molar-refractivity contribution in [3.63, 3.8) is 0 Å². The van der Waals surface area contributed by atoms with Crippen LogP contribution in [0.5, 0.6) is 0 Å². The van der Waals surface area contributed by atoms with Crippen LogP contribution in [0.25, 0.3) is 5.65 Å². The number of nitrogens with zero attached hydrogens (tertiary/aromatic N) is 2. The molecule has 0 atom stereocenters. The topological polar surface area (TPSA) is 60.7 Å². The molecule has 110 valence electrons. The van der Waals surface area contributed by atoms with E-state index in [-0.39, 0.29) is 10.7 Å². The lowest BCUT2D eigenvalue weighted by atomic mass is 10.3. The van der Waals surface area contributed by atoms with Gasteiger partial charge in [0.15, 0.2) is 5.69 Å². The predicted octanol–water partition coefficient (Wildman–Crippen LogP) is 2.48. The van der Waals surface area contributed by atoms with Gasteiger partial charge in [-0.05, 0) is 12.1 Å². The molecule has 0 radical (unpaired) electrons. The molecule has 0 aliphatic rings. The molecular weight excluding hydrogens is 321 g/mol. The Bertz CT molecular complexity index is 755. The number of pyridine rings is 1. The summed E-state index contributed by atoms with van der Waals surface area (Å²) < 4.78 is 66.0. The van der Waals surface area contributed by atoms with Gasteiger partial charge in [-0.15, -0.1) is 0 Å². The van der Waals surface area contributed by atoms with E-state index in [1.54, 1.807) is 0 Å². The Hall–Kier alpha value is -1.32. The van der Waals surface area contributed by atoms with Gasteiger partial charge in [-0.1, -0.05) is 11.6 Å². The van der Waals surface area contributed by atoms with Crippen LogP contribution >= 0.6 is 11.6 Å². The number of hydrogen-bond acceptors (Lipinski definition) is 4. The Kier molecular flexibility index (Phi) is 3.69. The lowest BCUT2D eigenvalue weighted by Crippen LogP contribution is -2.12. The van der Waals surface area contributed by atoms with Gasteiger partial charge in [0, 0.05) is 6.20 Å². The summed E-state index contributed by atoms with van der Waals surface area (Å²) in [6.45, 7) is -0.783. The standard InChI is InChI=1S/C10H8ClF3N2O3S/c1-20(17,18)19-5-7-9(10(12,13)14)15-8-3-2-6(11)4-16(7)8/h2-4H,5H2,1H3. The average molecular weight is 329 g/mol. The Morgan fingerprint density at radius 3 is 2.60 bits per heavy atom. The van der Waals surface area contributed by atoms with Crippen molar-refractivity contribution in [3.8, 4) is 0 Å². The maximum Gasteiger partial charge on any atom is 0.435 e. The minimum absolute atomic E-state index is 0.00572. The molecule has 0 spiro atoms. The van der Waals surface area contributed by atoms with E-state index < -0.39 is 34.3 Å². The van der Waals surface area contributed by atoms with Gasteiger partial charge in [-0.25, -0.2) is 4.98 Å². The zero-order valence-electron chi connectivity index (χ0n) is 9.98. The summed E-state index contributed by atoms with van der Waals surface area (Å²) in [4.78, 5) is 3.43. The van der Waals surface area contributed by atoms with Crippen molar-refractivity contribution in [1.29, 1.82) is 0 Å². The molecule has 2 aromatic heterocycles. The molecule has 20 heavy (non-hydrogen) atoms. The number of imidazole rings is 1. The minimum Gasteiger partial charge on any atom is -0.299 e. The molecule has 0 aliphatic carbocycles. The number of rotatable bonds is 3. The van der Waals surface area contributed by atoms with Crippen LogP contribution in [0.1, 0.15) is 11.4 Å². The van der Waals surface area contributed by atoms with E-state index >= 15 is 0 Å². The molecule has 0 N–H and O–H groups in total. The molecule has 2 heterocycles. The largest absolute Gasteiger partial charge is 0.435 e. The highest BCUT2D eigenvalue weighted by atomic mass is 35.5. The molecule has 2 aromatic rings. The van der Waals surface area contributed by atoms with E-state index in [4.69, 9.17) is 11.6 Å². The second kappa shape index (κ2) is 4.90. The van der Waals surface area contributed by atoms with Crippen LogP contribution < -0.4 is 0 Å². The smallest absolute Gasteiger partial charge is 0.299 e. The lowest BCUT2D eigenvalue weighted by Gasteiger charge is -2.07. The summed E-state index contributed by atoms with van der Waals surface area (Å²) >= 11 is 5.72. The fraction of sp³-hybridized carbons (Fsp3) is 0.300. The molecule has 2 rings (SSSR count). The van der Waals surface area contributed by atoms with Gasteiger partial charge in [0.2, 0.25) is 0 Å². The first-order chi connectivity index (χ1) is 9.08. The summed E-state index contributed by atoms with van der Waals surface area (Å²) in [5.74, 6) is 0. The molecule has 0 bridgehead atoms. The fourth-order valence-corrected chi connectivity index (χ4v) is 2.08. The van der Waals surface area contributed by atoms with Crippen LogP contribution in [0.15, 0.2) is 18.3 Å². The molecule has 0 saturated heterocycles. The van der Waals surface area contributed by atoms with Gasteiger partial charge >= 0.3 is 6.18 Å². The van der Waals surface area contributed by atoms with Crippen molar-refractivity contribution in [1.82, 2.24) is 9.38 Å². The van der Waals surface area contributed by atoms with Gasteiger partial charge in [-0.2, -0.15) is 21.6 Å². The first-order valence-electron chi connectivity index (χ1n) is 5.16. The third-order valence-corrected chi connectivity index (χ3v) is 3.13. The van der Waals surface area contributed by atoms with Gasteiger partial charge < -0.3 is 0 Å². The van der Waals surface area contributed by atoms with Crippen LogP contribution in [-0.2, 0) is 27.1 Å². The van der Waals surface area contributed by atoms with E-state index in [9.17, 15) is 21.6 Å². The first kappa shape index (κ1) is 15.1. The van der Waals surface area contributed by atoms with Crippen LogP contribution in [-0.4, -0.2) is 24.1 Å². The monoisotopic (exact) mass is 328 g/mol. The van der Waals surface area contributed by atoms with Gasteiger partial charge in [0.05, 0.1) is 17.0 Å². The van der Waals surface area contributed by atoms with E-state index in [0.717, 1.165) is 10.7 Å². The van der Waals surface area contributed by atoms with Gasteiger partial charge in [0.25, 0.3) is 10.1 Å². The Morgan fingerprint density at radius 1 is 1.40 bits per heavy atom. The van der Waals surface area contributed by atoms with Crippen molar-refractivity contribution in [3.05, 3.63) is 34.7 Å². The SMILES string of the molecule is CS(=O)(=O)OCc1c(C(F)(F)F)nc2ccc(Cl)cn12. The molecule has 0 fully saturated rings. The maximum atomic E-state index is 12.9. The van der Waals surface area contributed by atoms with E-state index in [1.807, 2.05) is 0 Å². The molecule has 5 nitrogen and oxygen atoms in total. The Balaban J connectivity index is 2.60. The zero-order valence-corrected chi connectivity index (χ0v) is 11.6. The van der Waals surface area contributed by atoms with Crippen LogP contribution in [0.4, 0.5) is 13.2 Å². The highest BCUT2D eigenvalue weighted by Crippen LogP contribution is 2.32. The van der Waals surface area contributed by atoms with Crippen molar-refractivity contribution in [2.75, 3.05) is 6.26 Å². The van der Waals surface area contributed by atoms with E-state index in [0.29, 0.717) is 0 Å². The summed E-state index contributed by atoms with van der Waals surface area (Å²) in [7, 11) is -3.88. The summed E-state index contributed by atoms with van der Waals surface area (Å²) in [6, 6.07) is 2.67. The third kappa shape index (κ3) is 3.22. The second-order valence-electron chi connectivity index (χ2n) is 3.95. The number of alkyl halides is 3. The minimum atomic E-state index is -4.73. The number of fused-ring (bicyclic) bond motifs is 1. The van der Waals surface area contributed by atoms with Crippen LogP contribution in [0, 0.1) is 0 Å². The molecule has 0 saturated carbocycles. The molecular formula is C10H8ClF3N2O3S. The number of halogens is 4. The van der Waals surface area contributed by atoms with Crippen molar-refractivity contribution >= 4 is 27.4 Å². The highest BCUT2D eigenvalue weighted by molar-refractivity contribution is 7.85. The second-order valence-corrected chi connectivity index (χ2v) is 6.03. The molecule has 0 aliphatic heterocycles. The van der Waals surface area contributed by atoms with Crippen molar-refractivity contribution in [2.45, 2.75) is 12.8 Å². The Labute approximate surface area is 117 Å². The van der Waals surface area contributed by atoms with Crippen LogP contribution in [0.2, 0.25) is 5.02 Å². The first-order valence-corrected chi connectivity index (χ1v) is 7.35. The maximum absolute atomic E-state index is 12.9. The molecule has 10 heteroatoms. The van der Waals surface area contributed by atoms with Gasteiger partial charge in [-0.3, -0.25) is 8.58 Å². The zero-order chi connectivity index (χ0) is 15.1. The predicted molar refractivity (Wildman–Crippen MR) is 64.8 cm³/mol. The van der Waals surface area contributed by atoms with Crippen molar-refractivity contribution in [2.24, 2.45) is 0 Å². The molecule has 0 aromatic carbocycles.